The van der Waals surface area contributed by atoms with Gasteiger partial charge >= 0.3 is 5.97 Å². The first-order chi connectivity index (χ1) is 11.7. The first-order valence-corrected chi connectivity index (χ1v) is 8.26. The summed E-state index contributed by atoms with van der Waals surface area (Å²) in [5.41, 5.74) is 0.754. The molecule has 138 valence electrons. The van der Waals surface area contributed by atoms with Crippen LogP contribution in [0.3, 0.4) is 0 Å². The minimum atomic E-state index is -0.851. The molecule has 1 aromatic carbocycles. The molecule has 0 saturated heterocycles. The molecular weight excluding hydrogens is 322 g/mol. The number of nitrogens with one attached hydrogen (secondary N) is 1. The lowest BCUT2D eigenvalue weighted by atomic mass is 10.2. The summed E-state index contributed by atoms with van der Waals surface area (Å²) in [4.78, 5) is 23.6. The molecule has 1 aromatic rings. The number of hydrogen-bond acceptors (Lipinski definition) is 5. The van der Waals surface area contributed by atoms with Gasteiger partial charge in [0.2, 0.25) is 0 Å². The topological polar surface area (TPSA) is 73.9 Å². The largest absolute Gasteiger partial charge is 0.493 e. The molecule has 0 heterocycles. The predicted octanol–water partition coefficient (Wildman–Crippen LogP) is 2.95. The molecule has 0 fully saturated rings. The molecule has 0 saturated carbocycles. The normalized spacial score (nSPS) is 12.3. The van der Waals surface area contributed by atoms with E-state index in [2.05, 4.69) is 5.32 Å². The Morgan fingerprint density at radius 2 is 1.76 bits per heavy atom. The first kappa shape index (κ1) is 20.5. The second kappa shape index (κ2) is 9.71. The molecular formula is C19H27NO5. The first-order valence-electron chi connectivity index (χ1n) is 8.26. The van der Waals surface area contributed by atoms with Gasteiger partial charge in [-0.05, 0) is 58.4 Å². The molecule has 0 aliphatic rings. The van der Waals surface area contributed by atoms with Crippen LogP contribution < -0.4 is 14.8 Å². The number of hydrogen-bond donors (Lipinski definition) is 1. The van der Waals surface area contributed by atoms with Crippen molar-refractivity contribution in [3.63, 3.8) is 0 Å². The fraction of sp³-hybridized carbons (Fsp3) is 0.474. The van der Waals surface area contributed by atoms with Crippen LogP contribution in [0.5, 0.6) is 11.5 Å². The molecule has 0 radical (unpaired) electrons. The lowest BCUT2D eigenvalue weighted by Crippen LogP contribution is -2.39. The van der Waals surface area contributed by atoms with Gasteiger partial charge < -0.3 is 19.5 Å². The summed E-state index contributed by atoms with van der Waals surface area (Å²) in [6, 6.07) is 5.33. The van der Waals surface area contributed by atoms with E-state index in [4.69, 9.17) is 14.2 Å². The summed E-state index contributed by atoms with van der Waals surface area (Å²) >= 11 is 0. The van der Waals surface area contributed by atoms with E-state index in [0.29, 0.717) is 11.5 Å². The van der Waals surface area contributed by atoms with E-state index >= 15 is 0 Å². The average Bonchev–Trinajstić information content (AvgIpc) is 2.52. The second-order valence-corrected chi connectivity index (χ2v) is 6.15. The number of benzene rings is 1. The summed E-state index contributed by atoms with van der Waals surface area (Å²) in [6.45, 7) is 9.07. The molecule has 0 aliphatic heterocycles. The van der Waals surface area contributed by atoms with Crippen molar-refractivity contribution in [1.82, 2.24) is 5.32 Å². The Morgan fingerprint density at radius 1 is 1.08 bits per heavy atom. The molecule has 25 heavy (non-hydrogen) atoms. The highest BCUT2D eigenvalue weighted by atomic mass is 16.5. The van der Waals surface area contributed by atoms with Crippen LogP contribution in [0.1, 0.15) is 40.2 Å². The molecule has 1 N–H and O–H groups in total. The van der Waals surface area contributed by atoms with Gasteiger partial charge in [-0.25, -0.2) is 4.79 Å². The van der Waals surface area contributed by atoms with Crippen LogP contribution in [0.2, 0.25) is 0 Å². The fourth-order valence-corrected chi connectivity index (χ4v) is 1.97. The smallest absolute Gasteiger partial charge is 0.331 e. The number of amides is 1. The second-order valence-electron chi connectivity index (χ2n) is 6.15. The van der Waals surface area contributed by atoms with Crippen molar-refractivity contribution in [1.29, 1.82) is 0 Å². The lowest BCUT2D eigenvalue weighted by molar-refractivity contribution is -0.150. The van der Waals surface area contributed by atoms with Crippen LogP contribution in [-0.2, 0) is 14.3 Å². The Morgan fingerprint density at radius 3 is 2.32 bits per heavy atom. The van der Waals surface area contributed by atoms with Crippen LogP contribution in [0.25, 0.3) is 6.08 Å². The van der Waals surface area contributed by atoms with Crippen molar-refractivity contribution >= 4 is 18.0 Å². The maximum atomic E-state index is 11.8. The molecule has 1 amide bonds. The van der Waals surface area contributed by atoms with Gasteiger partial charge in [0.1, 0.15) is 0 Å². The summed E-state index contributed by atoms with van der Waals surface area (Å²) in [5.74, 6) is 0.298. The molecule has 0 spiro atoms. The van der Waals surface area contributed by atoms with E-state index in [-0.39, 0.29) is 18.1 Å². The molecule has 1 atom stereocenters. The van der Waals surface area contributed by atoms with Crippen LogP contribution in [0.4, 0.5) is 0 Å². The number of carbonyl (C=O) groups is 2. The van der Waals surface area contributed by atoms with Gasteiger partial charge in [-0.1, -0.05) is 6.07 Å². The fourth-order valence-electron chi connectivity index (χ4n) is 1.97. The summed E-state index contributed by atoms with van der Waals surface area (Å²) in [6.07, 6.45) is 2.05. The van der Waals surface area contributed by atoms with E-state index in [0.717, 1.165) is 5.56 Å². The molecule has 1 rings (SSSR count). The van der Waals surface area contributed by atoms with Crippen molar-refractivity contribution in [2.75, 3.05) is 7.11 Å². The Labute approximate surface area is 149 Å². The van der Waals surface area contributed by atoms with Crippen LogP contribution >= 0.6 is 0 Å². The van der Waals surface area contributed by atoms with Gasteiger partial charge in [0.15, 0.2) is 17.6 Å². The third kappa shape index (κ3) is 7.28. The van der Waals surface area contributed by atoms with E-state index < -0.39 is 12.1 Å². The summed E-state index contributed by atoms with van der Waals surface area (Å²) in [7, 11) is 1.55. The molecule has 0 aliphatic carbocycles. The zero-order chi connectivity index (χ0) is 19.0. The van der Waals surface area contributed by atoms with Gasteiger partial charge in [-0.15, -0.1) is 0 Å². The maximum Gasteiger partial charge on any atom is 0.331 e. The summed E-state index contributed by atoms with van der Waals surface area (Å²) < 4.78 is 16.0. The Bertz CT molecular complexity index is 622. The van der Waals surface area contributed by atoms with Crippen molar-refractivity contribution in [3.8, 4) is 11.5 Å². The quantitative estimate of drug-likeness (QED) is 0.577. The number of esters is 1. The van der Waals surface area contributed by atoms with Crippen LogP contribution in [0, 0.1) is 0 Å². The Balaban J connectivity index is 2.71. The molecule has 0 aromatic heterocycles. The average molecular weight is 349 g/mol. The van der Waals surface area contributed by atoms with Gasteiger partial charge in [-0.2, -0.15) is 0 Å². The van der Waals surface area contributed by atoms with Gasteiger partial charge in [0.05, 0.1) is 13.2 Å². The van der Waals surface area contributed by atoms with Crippen molar-refractivity contribution in [3.05, 3.63) is 29.8 Å². The lowest BCUT2D eigenvalue weighted by Gasteiger charge is -2.14. The Kier molecular flexibility index (Phi) is 7.98. The highest BCUT2D eigenvalue weighted by Gasteiger charge is 2.16. The Hall–Kier alpha value is -2.50. The number of methoxy groups -OCH3 is 1. The van der Waals surface area contributed by atoms with Gasteiger partial charge in [0, 0.05) is 12.1 Å². The van der Waals surface area contributed by atoms with Crippen molar-refractivity contribution < 1.29 is 23.8 Å². The highest BCUT2D eigenvalue weighted by Crippen LogP contribution is 2.29. The number of ether oxygens (including phenoxy) is 3. The monoisotopic (exact) mass is 349 g/mol. The number of rotatable bonds is 8. The van der Waals surface area contributed by atoms with Crippen LogP contribution in [-0.4, -0.2) is 37.2 Å². The minimum absolute atomic E-state index is 0.0109. The SMILES string of the molecule is COc1cc(/C=C/C(=O)O[C@@H](C)C(=O)NC(C)C)ccc1OC(C)C. The van der Waals surface area contributed by atoms with E-state index in [9.17, 15) is 9.59 Å². The standard InChI is InChI=1S/C19H27NO5/c1-12(2)20-19(22)14(5)25-18(21)10-8-15-7-9-16(24-13(3)4)17(11-15)23-6/h7-14H,1-6H3,(H,20,22)/b10-8+/t14-/m0/s1. The summed E-state index contributed by atoms with van der Waals surface area (Å²) in [5, 5.41) is 2.69. The zero-order valence-corrected chi connectivity index (χ0v) is 15.7. The van der Waals surface area contributed by atoms with Crippen molar-refractivity contribution in [2.24, 2.45) is 0 Å². The molecule has 0 unspecified atom stereocenters. The van der Waals surface area contributed by atoms with Gasteiger partial charge in [0.25, 0.3) is 5.91 Å². The molecule has 0 bridgehead atoms. The van der Waals surface area contributed by atoms with E-state index in [1.165, 1.54) is 13.0 Å². The van der Waals surface area contributed by atoms with E-state index in [1.54, 1.807) is 31.4 Å². The van der Waals surface area contributed by atoms with Gasteiger partial charge in [-0.3, -0.25) is 4.79 Å². The van der Waals surface area contributed by atoms with Crippen molar-refractivity contribution in [2.45, 2.75) is 52.9 Å². The predicted molar refractivity (Wildman–Crippen MR) is 96.6 cm³/mol. The third-order valence-corrected chi connectivity index (χ3v) is 3.06. The van der Waals surface area contributed by atoms with E-state index in [1.807, 2.05) is 27.7 Å². The zero-order valence-electron chi connectivity index (χ0n) is 15.7. The molecule has 6 nitrogen and oxygen atoms in total. The van der Waals surface area contributed by atoms with Crippen LogP contribution in [0.15, 0.2) is 24.3 Å². The molecule has 6 heteroatoms. The minimum Gasteiger partial charge on any atom is -0.493 e. The maximum absolute atomic E-state index is 11.8. The number of carbonyl (C=O) groups excluding carboxylic acids is 2. The third-order valence-electron chi connectivity index (χ3n) is 3.06. The highest BCUT2D eigenvalue weighted by molar-refractivity contribution is 5.90.